The Balaban J connectivity index is 1.58. The summed E-state index contributed by atoms with van der Waals surface area (Å²) in [4.78, 5) is 16.9. The predicted molar refractivity (Wildman–Crippen MR) is 121 cm³/mol. The summed E-state index contributed by atoms with van der Waals surface area (Å²) in [6, 6.07) is 25.5. The molecule has 0 saturated carbocycles. The van der Waals surface area contributed by atoms with E-state index in [1.54, 1.807) is 18.2 Å². The molecule has 3 aromatic carbocycles. The Morgan fingerprint density at radius 2 is 1.58 bits per heavy atom. The number of rotatable bonds is 6. The molecule has 1 unspecified atom stereocenters. The van der Waals surface area contributed by atoms with E-state index in [-0.39, 0.29) is 11.8 Å². The van der Waals surface area contributed by atoms with Crippen molar-refractivity contribution in [3.63, 3.8) is 0 Å². The number of benzene rings is 3. The second-order valence-electron chi connectivity index (χ2n) is 7.88. The van der Waals surface area contributed by atoms with E-state index < -0.39 is 5.97 Å². The monoisotopic (exact) mass is 416 g/mol. The van der Waals surface area contributed by atoms with Gasteiger partial charge in [0, 0.05) is 38.3 Å². The highest BCUT2D eigenvalue weighted by molar-refractivity contribution is 5.89. The fourth-order valence-electron chi connectivity index (χ4n) is 4.26. The zero-order valence-electron chi connectivity index (χ0n) is 17.8. The number of nitrogens with zero attached hydrogens (tertiary/aromatic N) is 2. The molecule has 0 aromatic heterocycles. The van der Waals surface area contributed by atoms with Crippen molar-refractivity contribution in [1.82, 2.24) is 9.80 Å². The molecule has 1 atom stereocenters. The quantitative estimate of drug-likeness (QED) is 0.614. The largest absolute Gasteiger partial charge is 0.508 e. The van der Waals surface area contributed by atoms with Gasteiger partial charge < -0.3 is 9.84 Å². The molecule has 1 heterocycles. The van der Waals surface area contributed by atoms with Crippen LogP contribution in [0.15, 0.2) is 78.9 Å². The Morgan fingerprint density at radius 1 is 0.935 bits per heavy atom. The molecule has 1 fully saturated rings. The number of carbonyl (C=O) groups is 1. The third-order valence-corrected chi connectivity index (χ3v) is 5.88. The van der Waals surface area contributed by atoms with Crippen molar-refractivity contribution in [3.05, 3.63) is 101 Å². The smallest absolute Gasteiger partial charge is 0.337 e. The van der Waals surface area contributed by atoms with Gasteiger partial charge in [0.25, 0.3) is 0 Å². The second-order valence-corrected chi connectivity index (χ2v) is 7.88. The molecule has 1 aliphatic rings. The van der Waals surface area contributed by atoms with Crippen molar-refractivity contribution in [1.29, 1.82) is 0 Å². The Bertz CT molecular complexity index is 1000. The number of aromatic hydroxyl groups is 1. The Hall–Kier alpha value is -3.15. The Morgan fingerprint density at radius 3 is 2.23 bits per heavy atom. The van der Waals surface area contributed by atoms with Crippen LogP contribution in [-0.4, -0.2) is 54.2 Å². The predicted octanol–water partition coefficient (Wildman–Crippen LogP) is 4.09. The standard InChI is InChI=1S/C26H28N2O3/c1-31-26(30)22-12-13-24(29)23(18-22)25(21-10-6-3-7-11-21)28-16-14-27(15-17-28)19-20-8-4-2-5-9-20/h2-13,18,25,29H,14-17,19H2,1H3. The first-order chi connectivity index (χ1) is 15.2. The maximum absolute atomic E-state index is 12.1. The van der Waals surface area contributed by atoms with E-state index in [1.807, 2.05) is 24.3 Å². The first-order valence-corrected chi connectivity index (χ1v) is 10.6. The molecule has 4 rings (SSSR count). The van der Waals surface area contributed by atoms with Crippen LogP contribution >= 0.6 is 0 Å². The van der Waals surface area contributed by atoms with Crippen molar-refractivity contribution < 1.29 is 14.6 Å². The van der Waals surface area contributed by atoms with Gasteiger partial charge >= 0.3 is 5.97 Å². The van der Waals surface area contributed by atoms with E-state index >= 15 is 0 Å². The molecule has 160 valence electrons. The summed E-state index contributed by atoms with van der Waals surface area (Å²) in [6.45, 7) is 4.56. The third kappa shape index (κ3) is 4.95. The second kappa shape index (κ2) is 9.77. The normalized spacial score (nSPS) is 16.0. The third-order valence-electron chi connectivity index (χ3n) is 5.88. The first kappa shape index (κ1) is 21.1. The number of ether oxygens (including phenoxy) is 1. The van der Waals surface area contributed by atoms with Gasteiger partial charge in [-0.3, -0.25) is 9.80 Å². The molecule has 0 aliphatic carbocycles. The van der Waals surface area contributed by atoms with Gasteiger partial charge in [0.2, 0.25) is 0 Å². The maximum Gasteiger partial charge on any atom is 0.337 e. The van der Waals surface area contributed by atoms with Crippen LogP contribution < -0.4 is 0 Å². The minimum atomic E-state index is -0.402. The number of phenolic OH excluding ortho intramolecular Hbond substituents is 1. The molecule has 31 heavy (non-hydrogen) atoms. The van der Waals surface area contributed by atoms with Gasteiger partial charge in [0.1, 0.15) is 5.75 Å². The van der Waals surface area contributed by atoms with Gasteiger partial charge in [-0.1, -0.05) is 60.7 Å². The van der Waals surface area contributed by atoms with E-state index in [1.165, 1.54) is 12.7 Å². The topological polar surface area (TPSA) is 53.0 Å². The van der Waals surface area contributed by atoms with Crippen LogP contribution in [0.4, 0.5) is 0 Å². The van der Waals surface area contributed by atoms with Crippen molar-refractivity contribution in [2.75, 3.05) is 33.3 Å². The van der Waals surface area contributed by atoms with Crippen LogP contribution in [0.1, 0.15) is 33.1 Å². The van der Waals surface area contributed by atoms with Gasteiger partial charge in [-0.2, -0.15) is 0 Å². The Labute approximate surface area is 183 Å². The molecule has 0 spiro atoms. The summed E-state index contributed by atoms with van der Waals surface area (Å²) in [7, 11) is 1.37. The average molecular weight is 417 g/mol. The van der Waals surface area contributed by atoms with E-state index in [2.05, 4.69) is 46.2 Å². The van der Waals surface area contributed by atoms with E-state index in [0.29, 0.717) is 5.56 Å². The lowest BCUT2D eigenvalue weighted by molar-refractivity contribution is 0.0600. The number of hydrogen-bond donors (Lipinski definition) is 1. The van der Waals surface area contributed by atoms with Crippen molar-refractivity contribution in [3.8, 4) is 5.75 Å². The molecule has 5 nitrogen and oxygen atoms in total. The summed E-state index contributed by atoms with van der Waals surface area (Å²) in [5.41, 5.74) is 3.58. The molecule has 3 aromatic rings. The molecule has 1 N–H and O–H groups in total. The number of carbonyl (C=O) groups excluding carboxylic acids is 1. The lowest BCUT2D eigenvalue weighted by Crippen LogP contribution is -2.47. The highest BCUT2D eigenvalue weighted by Gasteiger charge is 2.29. The maximum atomic E-state index is 12.1. The lowest BCUT2D eigenvalue weighted by Gasteiger charge is -2.40. The van der Waals surface area contributed by atoms with Gasteiger partial charge in [0.05, 0.1) is 18.7 Å². The minimum Gasteiger partial charge on any atom is -0.508 e. The number of piperazine rings is 1. The Kier molecular flexibility index (Phi) is 6.65. The zero-order valence-corrected chi connectivity index (χ0v) is 17.8. The van der Waals surface area contributed by atoms with E-state index in [0.717, 1.165) is 43.9 Å². The molecule has 5 heteroatoms. The van der Waals surface area contributed by atoms with Gasteiger partial charge in [-0.15, -0.1) is 0 Å². The van der Waals surface area contributed by atoms with Crippen LogP contribution in [0.5, 0.6) is 5.75 Å². The van der Waals surface area contributed by atoms with Gasteiger partial charge in [-0.25, -0.2) is 4.79 Å². The highest BCUT2D eigenvalue weighted by Crippen LogP contribution is 2.35. The summed E-state index contributed by atoms with van der Waals surface area (Å²) >= 11 is 0. The zero-order chi connectivity index (χ0) is 21.6. The van der Waals surface area contributed by atoms with Crippen LogP contribution in [0, 0.1) is 0 Å². The van der Waals surface area contributed by atoms with E-state index in [9.17, 15) is 9.90 Å². The summed E-state index contributed by atoms with van der Waals surface area (Å²) in [5.74, 6) is -0.214. The van der Waals surface area contributed by atoms with Crippen molar-refractivity contribution in [2.24, 2.45) is 0 Å². The van der Waals surface area contributed by atoms with Gasteiger partial charge in [-0.05, 0) is 29.3 Å². The fraction of sp³-hybridized carbons (Fsp3) is 0.269. The molecular weight excluding hydrogens is 388 g/mol. The van der Waals surface area contributed by atoms with Crippen LogP contribution in [0.3, 0.4) is 0 Å². The number of phenols is 1. The summed E-state index contributed by atoms with van der Waals surface area (Å²) < 4.78 is 4.89. The number of esters is 1. The first-order valence-electron chi connectivity index (χ1n) is 10.6. The fourth-order valence-corrected chi connectivity index (χ4v) is 4.26. The number of hydrogen-bond acceptors (Lipinski definition) is 5. The summed E-state index contributed by atoms with van der Waals surface area (Å²) in [5, 5.41) is 10.7. The highest BCUT2D eigenvalue weighted by atomic mass is 16.5. The van der Waals surface area contributed by atoms with Crippen molar-refractivity contribution in [2.45, 2.75) is 12.6 Å². The summed E-state index contributed by atoms with van der Waals surface area (Å²) in [6.07, 6.45) is 0. The van der Waals surface area contributed by atoms with Crippen LogP contribution in [0.2, 0.25) is 0 Å². The minimum absolute atomic E-state index is 0.135. The molecular formula is C26H28N2O3. The lowest BCUT2D eigenvalue weighted by atomic mass is 9.94. The SMILES string of the molecule is COC(=O)c1ccc(O)c(C(c2ccccc2)N2CCN(Cc3ccccc3)CC2)c1. The molecule has 0 amide bonds. The average Bonchev–Trinajstić information content (AvgIpc) is 2.82. The van der Waals surface area contributed by atoms with Crippen LogP contribution in [0.25, 0.3) is 0 Å². The van der Waals surface area contributed by atoms with Crippen LogP contribution in [-0.2, 0) is 11.3 Å². The van der Waals surface area contributed by atoms with E-state index in [4.69, 9.17) is 4.74 Å². The molecule has 0 bridgehead atoms. The number of methoxy groups -OCH3 is 1. The van der Waals surface area contributed by atoms with Crippen molar-refractivity contribution >= 4 is 5.97 Å². The molecule has 1 aliphatic heterocycles. The molecule has 1 saturated heterocycles. The van der Waals surface area contributed by atoms with Gasteiger partial charge in [0.15, 0.2) is 0 Å². The molecule has 0 radical (unpaired) electrons.